The van der Waals surface area contributed by atoms with Crippen LogP contribution in [0.2, 0.25) is 0 Å². The summed E-state index contributed by atoms with van der Waals surface area (Å²) in [6.45, 7) is 4.02. The summed E-state index contributed by atoms with van der Waals surface area (Å²) in [5, 5.41) is 3.02. The second-order valence-corrected chi connectivity index (χ2v) is 5.96. The molecule has 0 radical (unpaired) electrons. The van der Waals surface area contributed by atoms with E-state index < -0.39 is 6.10 Å². The molecule has 1 atom stereocenters. The number of primary amides is 1. The predicted octanol–water partition coefficient (Wildman–Crippen LogP) is 0.658. The number of nitrogens with one attached hydrogen (secondary N) is 1. The van der Waals surface area contributed by atoms with Crippen molar-refractivity contribution in [1.29, 1.82) is 0 Å². The second-order valence-electron chi connectivity index (χ2n) is 5.96. The Labute approximate surface area is 137 Å². The number of nitrogens with zero attached hydrogens (tertiary/aromatic N) is 1. The Morgan fingerprint density at radius 2 is 1.96 bits per heavy atom. The molecule has 2 amide bonds. The summed E-state index contributed by atoms with van der Waals surface area (Å²) in [5.74, 6) is -0.398. The molecule has 0 aliphatic carbocycles. The number of hydrogen-bond donors (Lipinski definition) is 2. The molecule has 1 fully saturated rings. The fourth-order valence-corrected chi connectivity index (χ4v) is 2.65. The molecule has 6 heteroatoms. The molecule has 126 valence electrons. The van der Waals surface area contributed by atoms with Gasteiger partial charge < -0.3 is 15.8 Å². The molecule has 1 saturated heterocycles. The van der Waals surface area contributed by atoms with Crippen molar-refractivity contribution < 1.29 is 14.3 Å². The number of carbonyl (C=O) groups excluding carboxylic acids is 2. The Hall–Kier alpha value is -1.92. The number of benzene rings is 1. The van der Waals surface area contributed by atoms with Gasteiger partial charge >= 0.3 is 0 Å². The Morgan fingerprint density at radius 3 is 2.57 bits per heavy atom. The van der Waals surface area contributed by atoms with Crippen molar-refractivity contribution in [3.05, 3.63) is 35.9 Å². The largest absolute Gasteiger partial charge is 0.369 e. The number of nitrogens with two attached hydrogens (primary N) is 1. The Kier molecular flexibility index (Phi) is 6.55. The highest BCUT2D eigenvalue weighted by Crippen LogP contribution is 2.11. The van der Waals surface area contributed by atoms with E-state index in [2.05, 4.69) is 5.32 Å². The maximum Gasteiger partial charge on any atom is 0.249 e. The zero-order chi connectivity index (χ0) is 16.7. The van der Waals surface area contributed by atoms with E-state index in [1.165, 1.54) is 0 Å². The lowest BCUT2D eigenvalue weighted by Crippen LogP contribution is -2.48. The van der Waals surface area contributed by atoms with E-state index in [1.807, 2.05) is 35.2 Å². The fraction of sp³-hybridized carbons (Fsp3) is 0.529. The molecular formula is C17H25N3O3. The maximum absolute atomic E-state index is 12.2. The van der Waals surface area contributed by atoms with Gasteiger partial charge in [-0.25, -0.2) is 0 Å². The summed E-state index contributed by atoms with van der Waals surface area (Å²) in [6, 6.07) is 9.92. The predicted molar refractivity (Wildman–Crippen MR) is 87.5 cm³/mol. The number of ether oxygens (including phenoxy) is 1. The number of rotatable bonds is 7. The van der Waals surface area contributed by atoms with E-state index in [1.54, 1.807) is 6.92 Å². The second kappa shape index (κ2) is 8.64. The van der Waals surface area contributed by atoms with Crippen LogP contribution in [-0.2, 0) is 20.9 Å². The topological polar surface area (TPSA) is 84.7 Å². The van der Waals surface area contributed by atoms with Crippen molar-refractivity contribution in [3.63, 3.8) is 0 Å². The lowest BCUT2D eigenvalue weighted by Gasteiger charge is -2.32. The summed E-state index contributed by atoms with van der Waals surface area (Å²) >= 11 is 0. The molecule has 1 aliphatic rings. The number of piperidine rings is 1. The quantitative estimate of drug-likeness (QED) is 0.773. The van der Waals surface area contributed by atoms with Gasteiger partial charge in [-0.15, -0.1) is 0 Å². The van der Waals surface area contributed by atoms with E-state index in [-0.39, 0.29) is 24.4 Å². The van der Waals surface area contributed by atoms with Gasteiger partial charge in [0.25, 0.3) is 0 Å². The first-order valence-corrected chi connectivity index (χ1v) is 8.01. The van der Waals surface area contributed by atoms with Gasteiger partial charge in [-0.1, -0.05) is 30.3 Å². The van der Waals surface area contributed by atoms with Gasteiger partial charge in [0.15, 0.2) is 0 Å². The van der Waals surface area contributed by atoms with E-state index >= 15 is 0 Å². The van der Waals surface area contributed by atoms with Crippen LogP contribution < -0.4 is 11.1 Å². The van der Waals surface area contributed by atoms with Gasteiger partial charge in [0, 0.05) is 19.1 Å². The van der Waals surface area contributed by atoms with Crippen molar-refractivity contribution >= 4 is 11.8 Å². The van der Waals surface area contributed by atoms with Crippen LogP contribution in [0.25, 0.3) is 0 Å². The molecule has 1 heterocycles. The molecule has 1 aliphatic heterocycles. The van der Waals surface area contributed by atoms with Crippen molar-refractivity contribution in [2.75, 3.05) is 19.6 Å². The molecule has 0 spiro atoms. The molecule has 0 aromatic heterocycles. The van der Waals surface area contributed by atoms with Crippen LogP contribution in [0.5, 0.6) is 0 Å². The SMILES string of the molecule is C[C@H](OCc1ccccc1)C(=O)NC1CCN(CC(N)=O)CC1. The minimum absolute atomic E-state index is 0.0886. The summed E-state index contributed by atoms with van der Waals surface area (Å²) in [6.07, 6.45) is 1.16. The molecule has 2 rings (SSSR count). The van der Waals surface area contributed by atoms with E-state index in [9.17, 15) is 9.59 Å². The first-order valence-electron chi connectivity index (χ1n) is 8.01. The van der Waals surface area contributed by atoms with Gasteiger partial charge in [0.2, 0.25) is 11.8 Å². The van der Waals surface area contributed by atoms with E-state index in [0.29, 0.717) is 6.61 Å². The van der Waals surface area contributed by atoms with E-state index in [4.69, 9.17) is 10.5 Å². The van der Waals surface area contributed by atoms with Gasteiger partial charge in [0.05, 0.1) is 13.2 Å². The first kappa shape index (κ1) is 17.4. The lowest BCUT2D eigenvalue weighted by molar-refractivity contribution is -0.133. The Morgan fingerprint density at radius 1 is 1.30 bits per heavy atom. The van der Waals surface area contributed by atoms with Crippen LogP contribution in [0.15, 0.2) is 30.3 Å². The van der Waals surface area contributed by atoms with Gasteiger partial charge in [0.1, 0.15) is 6.10 Å². The molecule has 0 saturated carbocycles. The molecule has 1 aromatic carbocycles. The van der Waals surface area contributed by atoms with Crippen LogP contribution in [0, 0.1) is 0 Å². The van der Waals surface area contributed by atoms with Crippen molar-refractivity contribution in [2.45, 2.75) is 38.5 Å². The van der Waals surface area contributed by atoms with Gasteiger partial charge in [-0.2, -0.15) is 0 Å². The van der Waals surface area contributed by atoms with E-state index in [0.717, 1.165) is 31.5 Å². The zero-order valence-corrected chi connectivity index (χ0v) is 13.5. The summed E-state index contributed by atoms with van der Waals surface area (Å²) in [5.41, 5.74) is 6.24. The summed E-state index contributed by atoms with van der Waals surface area (Å²) in [7, 11) is 0. The zero-order valence-electron chi connectivity index (χ0n) is 13.5. The Balaban J connectivity index is 1.69. The van der Waals surface area contributed by atoms with Crippen LogP contribution in [-0.4, -0.2) is 48.5 Å². The van der Waals surface area contributed by atoms with Crippen LogP contribution in [0.1, 0.15) is 25.3 Å². The first-order chi connectivity index (χ1) is 11.0. The average molecular weight is 319 g/mol. The van der Waals surface area contributed by atoms with Gasteiger partial charge in [-0.3, -0.25) is 14.5 Å². The average Bonchev–Trinajstić information content (AvgIpc) is 2.55. The van der Waals surface area contributed by atoms with Crippen LogP contribution in [0.3, 0.4) is 0 Å². The number of likely N-dealkylation sites (tertiary alicyclic amines) is 1. The number of carbonyl (C=O) groups is 2. The summed E-state index contributed by atoms with van der Waals surface area (Å²) in [4.78, 5) is 25.1. The molecular weight excluding hydrogens is 294 g/mol. The monoisotopic (exact) mass is 319 g/mol. The molecule has 6 nitrogen and oxygen atoms in total. The minimum atomic E-state index is -0.487. The molecule has 0 unspecified atom stereocenters. The highest BCUT2D eigenvalue weighted by Gasteiger charge is 2.23. The minimum Gasteiger partial charge on any atom is -0.369 e. The third kappa shape index (κ3) is 6.00. The van der Waals surface area contributed by atoms with Crippen LogP contribution in [0.4, 0.5) is 0 Å². The maximum atomic E-state index is 12.2. The third-order valence-corrected chi connectivity index (χ3v) is 4.03. The van der Waals surface area contributed by atoms with Crippen molar-refractivity contribution in [1.82, 2.24) is 10.2 Å². The molecule has 0 bridgehead atoms. The van der Waals surface area contributed by atoms with Gasteiger partial charge in [-0.05, 0) is 25.3 Å². The smallest absolute Gasteiger partial charge is 0.249 e. The van der Waals surface area contributed by atoms with Crippen molar-refractivity contribution in [3.8, 4) is 0 Å². The number of hydrogen-bond acceptors (Lipinski definition) is 4. The number of amides is 2. The highest BCUT2D eigenvalue weighted by atomic mass is 16.5. The fourth-order valence-electron chi connectivity index (χ4n) is 2.65. The molecule has 1 aromatic rings. The third-order valence-electron chi connectivity index (χ3n) is 4.03. The van der Waals surface area contributed by atoms with Crippen LogP contribution >= 0.6 is 0 Å². The Bertz CT molecular complexity index is 513. The molecule has 3 N–H and O–H groups in total. The highest BCUT2D eigenvalue weighted by molar-refractivity contribution is 5.80. The normalized spacial score (nSPS) is 17.6. The lowest BCUT2D eigenvalue weighted by atomic mass is 10.0. The standard InChI is InChI=1S/C17H25N3O3/c1-13(23-12-14-5-3-2-4-6-14)17(22)19-15-7-9-20(10-8-15)11-16(18)21/h2-6,13,15H,7-12H2,1H3,(H2,18,21)(H,19,22)/t13-/m0/s1. The van der Waals surface area contributed by atoms with Crippen molar-refractivity contribution in [2.24, 2.45) is 5.73 Å². The molecule has 23 heavy (non-hydrogen) atoms. The summed E-state index contributed by atoms with van der Waals surface area (Å²) < 4.78 is 5.62.